The molecule has 0 fully saturated rings. The Morgan fingerprint density at radius 2 is 2.31 bits per heavy atom. The number of nitrogens with zero attached hydrogens (tertiary/aromatic N) is 2. The van der Waals surface area contributed by atoms with Crippen LogP contribution in [0.2, 0.25) is 0 Å². The van der Waals surface area contributed by atoms with Gasteiger partial charge in [0.1, 0.15) is 0 Å². The quantitative estimate of drug-likeness (QED) is 0.822. The summed E-state index contributed by atoms with van der Waals surface area (Å²) in [5.74, 6) is 0.213. The number of alkyl halides is 1. The average Bonchev–Trinajstić information content (AvgIpc) is 2.49. The minimum absolute atomic E-state index is 0. The summed E-state index contributed by atoms with van der Waals surface area (Å²) in [6.45, 7) is 0. The topological polar surface area (TPSA) is 37.5 Å². The Labute approximate surface area is 94.3 Å². The molecule has 2 aromatic rings. The molecule has 2 heterocycles. The lowest BCUT2D eigenvalue weighted by molar-refractivity contribution is 0.477. The third-order valence-corrected chi connectivity index (χ3v) is 2.22. The van der Waals surface area contributed by atoms with Gasteiger partial charge in [0.2, 0.25) is 0 Å². The lowest BCUT2D eigenvalue weighted by Gasteiger charge is -1.92. The van der Waals surface area contributed by atoms with E-state index in [4.69, 9.17) is 0 Å². The molecular weight excluding hydrogens is 300 g/mol. The van der Waals surface area contributed by atoms with Crippen molar-refractivity contribution >= 4 is 38.6 Å². The van der Waals surface area contributed by atoms with Crippen LogP contribution in [0.4, 0.5) is 0 Å². The lowest BCUT2D eigenvalue weighted by Crippen LogP contribution is -1.80. The van der Waals surface area contributed by atoms with E-state index in [9.17, 15) is 5.11 Å². The zero-order valence-electron chi connectivity index (χ0n) is 6.64. The number of imidazole rings is 1. The molecule has 0 saturated carbocycles. The Morgan fingerprint density at radius 3 is 2.92 bits per heavy atom. The van der Waals surface area contributed by atoms with Crippen molar-refractivity contribution in [2.24, 2.45) is 0 Å². The summed E-state index contributed by atoms with van der Waals surface area (Å²) >= 11 is 3.30. The smallest absolute Gasteiger partial charge is 0.179 e. The summed E-state index contributed by atoms with van der Waals surface area (Å²) in [5.41, 5.74) is 1.52. The average molecular weight is 308 g/mol. The van der Waals surface area contributed by atoms with E-state index in [-0.39, 0.29) is 22.7 Å². The molecule has 2 aromatic heterocycles. The van der Waals surface area contributed by atoms with Crippen molar-refractivity contribution in [2.75, 3.05) is 0 Å². The molecule has 13 heavy (non-hydrogen) atoms. The van der Waals surface area contributed by atoms with Crippen LogP contribution < -0.4 is 0 Å². The fraction of sp³-hybridized carbons (Fsp3) is 0.125. The molecule has 0 bridgehead atoms. The fourth-order valence-electron chi connectivity index (χ4n) is 1.11. The van der Waals surface area contributed by atoms with Crippen molar-refractivity contribution in [3.8, 4) is 5.75 Å². The van der Waals surface area contributed by atoms with Crippen molar-refractivity contribution in [3.63, 3.8) is 0 Å². The summed E-state index contributed by atoms with van der Waals surface area (Å²) in [6.07, 6.45) is 3.73. The summed E-state index contributed by atoms with van der Waals surface area (Å²) < 4.78 is 1.80. The number of fused-ring (bicyclic) bond motifs is 1. The first-order valence-corrected chi connectivity index (χ1v) is 4.65. The van der Waals surface area contributed by atoms with Gasteiger partial charge in [0.05, 0.1) is 5.69 Å². The van der Waals surface area contributed by atoms with Gasteiger partial charge in [-0.1, -0.05) is 15.9 Å². The second kappa shape index (κ2) is 4.11. The molecule has 70 valence electrons. The van der Waals surface area contributed by atoms with Crippen molar-refractivity contribution < 1.29 is 5.11 Å². The molecule has 3 nitrogen and oxygen atoms in total. The molecule has 0 aliphatic rings. The van der Waals surface area contributed by atoms with Gasteiger partial charge in [0.15, 0.2) is 11.4 Å². The molecule has 0 aromatic carbocycles. The maximum absolute atomic E-state index is 9.38. The van der Waals surface area contributed by atoms with Crippen LogP contribution in [-0.2, 0) is 5.33 Å². The molecule has 0 radical (unpaired) electrons. The van der Waals surface area contributed by atoms with Gasteiger partial charge >= 0.3 is 0 Å². The number of halogens is 2. The number of pyridine rings is 1. The van der Waals surface area contributed by atoms with Crippen LogP contribution in [0.1, 0.15) is 5.69 Å². The van der Waals surface area contributed by atoms with E-state index in [1.54, 1.807) is 16.5 Å². The van der Waals surface area contributed by atoms with E-state index in [1.807, 2.05) is 12.4 Å². The molecule has 0 saturated heterocycles. The lowest BCUT2D eigenvalue weighted by atomic mass is 10.4. The fourth-order valence-corrected chi connectivity index (χ4v) is 1.38. The minimum atomic E-state index is 0. The van der Waals surface area contributed by atoms with Crippen LogP contribution >= 0.6 is 32.9 Å². The molecule has 0 spiro atoms. The van der Waals surface area contributed by atoms with Crippen LogP contribution in [0.5, 0.6) is 5.75 Å². The highest BCUT2D eigenvalue weighted by Gasteiger charge is 2.02. The molecule has 0 amide bonds. The Morgan fingerprint density at radius 1 is 1.54 bits per heavy atom. The second-order valence-corrected chi connectivity index (χ2v) is 3.05. The molecule has 0 unspecified atom stereocenters. The SMILES string of the molecule is Br.Oc1cccn2cc(CBr)nc12. The normalized spacial score (nSPS) is 9.92. The molecule has 2 rings (SSSR count). The summed E-state index contributed by atoms with van der Waals surface area (Å²) in [4.78, 5) is 4.20. The van der Waals surface area contributed by atoms with Gasteiger partial charge in [-0.2, -0.15) is 0 Å². The first-order chi connectivity index (χ1) is 5.81. The third kappa shape index (κ3) is 1.86. The van der Waals surface area contributed by atoms with Gasteiger partial charge < -0.3 is 9.51 Å². The predicted molar refractivity (Wildman–Crippen MR) is 59.8 cm³/mol. The van der Waals surface area contributed by atoms with Gasteiger partial charge in [-0.05, 0) is 12.1 Å². The van der Waals surface area contributed by atoms with E-state index in [2.05, 4.69) is 20.9 Å². The van der Waals surface area contributed by atoms with E-state index >= 15 is 0 Å². The van der Waals surface area contributed by atoms with Crippen LogP contribution in [0, 0.1) is 0 Å². The molecule has 1 N–H and O–H groups in total. The standard InChI is InChI=1S/C8H7BrN2O.BrH/c9-4-6-5-11-3-1-2-7(12)8(11)10-6;/h1-3,5,12H,4H2;1H. The molecule has 0 aliphatic heterocycles. The Kier molecular flexibility index (Phi) is 3.33. The Balaban J connectivity index is 0.000000845. The highest BCUT2D eigenvalue weighted by molar-refractivity contribution is 9.08. The third-order valence-electron chi connectivity index (χ3n) is 1.65. The summed E-state index contributed by atoms with van der Waals surface area (Å²) in [7, 11) is 0. The van der Waals surface area contributed by atoms with Gasteiger partial charge in [-0.3, -0.25) is 0 Å². The zero-order valence-corrected chi connectivity index (χ0v) is 9.94. The highest BCUT2D eigenvalue weighted by Crippen LogP contribution is 2.17. The van der Waals surface area contributed by atoms with Crippen molar-refractivity contribution in [1.82, 2.24) is 9.38 Å². The molecule has 0 aliphatic carbocycles. The molecular formula is C8H8Br2N2O. The maximum atomic E-state index is 9.38. The molecule has 0 atom stereocenters. The number of aromatic nitrogens is 2. The van der Waals surface area contributed by atoms with E-state index in [1.165, 1.54) is 0 Å². The van der Waals surface area contributed by atoms with E-state index in [0.29, 0.717) is 11.0 Å². The summed E-state index contributed by atoms with van der Waals surface area (Å²) in [6, 6.07) is 3.41. The maximum Gasteiger partial charge on any atom is 0.179 e. The van der Waals surface area contributed by atoms with Crippen molar-refractivity contribution in [2.45, 2.75) is 5.33 Å². The van der Waals surface area contributed by atoms with Crippen LogP contribution in [0.15, 0.2) is 24.5 Å². The molecule has 5 heteroatoms. The first-order valence-electron chi connectivity index (χ1n) is 3.53. The first kappa shape index (κ1) is 10.5. The Bertz CT molecular complexity index is 413. The second-order valence-electron chi connectivity index (χ2n) is 2.49. The van der Waals surface area contributed by atoms with Gasteiger partial charge in [0.25, 0.3) is 0 Å². The zero-order chi connectivity index (χ0) is 8.55. The van der Waals surface area contributed by atoms with Gasteiger partial charge in [-0.15, -0.1) is 17.0 Å². The number of hydrogen-bond acceptors (Lipinski definition) is 2. The number of rotatable bonds is 1. The highest BCUT2D eigenvalue weighted by atomic mass is 79.9. The van der Waals surface area contributed by atoms with Crippen molar-refractivity contribution in [1.29, 1.82) is 0 Å². The van der Waals surface area contributed by atoms with E-state index < -0.39 is 0 Å². The van der Waals surface area contributed by atoms with Crippen molar-refractivity contribution in [3.05, 3.63) is 30.2 Å². The monoisotopic (exact) mass is 306 g/mol. The predicted octanol–water partition coefficient (Wildman–Crippen LogP) is 2.51. The Hall–Kier alpha value is -0.550. The van der Waals surface area contributed by atoms with Crippen LogP contribution in [0.3, 0.4) is 0 Å². The number of hydrogen-bond donors (Lipinski definition) is 1. The van der Waals surface area contributed by atoms with Crippen LogP contribution in [0.25, 0.3) is 5.65 Å². The van der Waals surface area contributed by atoms with Gasteiger partial charge in [0, 0.05) is 17.7 Å². The minimum Gasteiger partial charge on any atom is -0.504 e. The van der Waals surface area contributed by atoms with E-state index in [0.717, 1.165) is 5.69 Å². The van der Waals surface area contributed by atoms with Gasteiger partial charge in [-0.25, -0.2) is 4.98 Å². The summed E-state index contributed by atoms with van der Waals surface area (Å²) in [5, 5.41) is 10.1. The largest absolute Gasteiger partial charge is 0.504 e. The number of aromatic hydroxyl groups is 1. The van der Waals surface area contributed by atoms with Crippen LogP contribution in [-0.4, -0.2) is 14.5 Å².